The zero-order valence-corrected chi connectivity index (χ0v) is 16.4. The highest BCUT2D eigenvalue weighted by molar-refractivity contribution is 6.08. The van der Waals surface area contributed by atoms with Crippen LogP contribution in [0.3, 0.4) is 0 Å². The molecule has 1 heterocycles. The first-order valence-corrected chi connectivity index (χ1v) is 8.86. The van der Waals surface area contributed by atoms with E-state index in [0.29, 0.717) is 22.7 Å². The van der Waals surface area contributed by atoms with Crippen molar-refractivity contribution in [3.8, 4) is 11.5 Å². The van der Waals surface area contributed by atoms with E-state index in [1.54, 1.807) is 38.4 Å². The zero-order valence-electron chi connectivity index (χ0n) is 16.4. The first-order chi connectivity index (χ1) is 14.0. The van der Waals surface area contributed by atoms with Crippen LogP contribution in [0.25, 0.3) is 0 Å². The van der Waals surface area contributed by atoms with Gasteiger partial charge < -0.3 is 19.7 Å². The summed E-state index contributed by atoms with van der Waals surface area (Å²) in [5.41, 5.74) is 1.70. The number of carbonyl (C=O) groups is 2. The molecule has 1 aromatic heterocycles. The summed E-state index contributed by atoms with van der Waals surface area (Å²) in [7, 11) is 4.73. The first-order valence-electron chi connectivity index (χ1n) is 8.86. The number of rotatable bonds is 6. The van der Waals surface area contributed by atoms with Crippen molar-refractivity contribution in [1.29, 1.82) is 0 Å². The zero-order chi connectivity index (χ0) is 20.8. The van der Waals surface area contributed by atoms with E-state index in [1.165, 1.54) is 24.3 Å². The van der Waals surface area contributed by atoms with E-state index >= 15 is 0 Å². The lowest BCUT2D eigenvalue weighted by Gasteiger charge is -2.17. The van der Waals surface area contributed by atoms with Crippen LogP contribution >= 0.6 is 0 Å². The average molecular weight is 391 g/mol. The van der Waals surface area contributed by atoms with Crippen LogP contribution in [-0.4, -0.2) is 38.1 Å². The Balaban J connectivity index is 1.80. The van der Waals surface area contributed by atoms with Crippen molar-refractivity contribution < 1.29 is 19.1 Å². The summed E-state index contributed by atoms with van der Waals surface area (Å²) in [6, 6.07) is 17.3. The summed E-state index contributed by atoms with van der Waals surface area (Å²) in [5, 5.41) is 2.75. The fourth-order valence-electron chi connectivity index (χ4n) is 2.74. The van der Waals surface area contributed by atoms with E-state index in [2.05, 4.69) is 10.3 Å². The lowest BCUT2D eigenvalue weighted by atomic mass is 10.1. The molecule has 29 heavy (non-hydrogen) atoms. The summed E-state index contributed by atoms with van der Waals surface area (Å²) in [6.45, 7) is 0. The number of para-hydroxylation sites is 1. The lowest BCUT2D eigenvalue weighted by molar-refractivity contribution is 0.0993. The Morgan fingerprint density at radius 2 is 1.72 bits per heavy atom. The van der Waals surface area contributed by atoms with Crippen LogP contribution < -0.4 is 19.7 Å². The number of anilines is 2. The number of methoxy groups -OCH3 is 2. The van der Waals surface area contributed by atoms with Crippen LogP contribution in [0.1, 0.15) is 20.8 Å². The van der Waals surface area contributed by atoms with Gasteiger partial charge in [0.1, 0.15) is 17.2 Å². The van der Waals surface area contributed by atoms with Gasteiger partial charge in [-0.2, -0.15) is 0 Å². The van der Waals surface area contributed by atoms with Gasteiger partial charge in [0.2, 0.25) is 0 Å². The number of carbonyl (C=O) groups excluding carboxylic acids is 2. The molecule has 1 N–H and O–H groups in total. The van der Waals surface area contributed by atoms with Crippen LogP contribution in [0.5, 0.6) is 11.5 Å². The van der Waals surface area contributed by atoms with Crippen molar-refractivity contribution in [1.82, 2.24) is 4.98 Å². The van der Waals surface area contributed by atoms with Gasteiger partial charge in [-0.1, -0.05) is 18.2 Å². The molecule has 2 amide bonds. The number of amides is 2. The van der Waals surface area contributed by atoms with Gasteiger partial charge in [-0.05, 0) is 36.4 Å². The minimum Gasteiger partial charge on any atom is -0.497 e. The standard InChI is InChI=1S/C22H21N3O4/c1-25(16-7-5-4-6-8-16)22(27)15-11-12-23-19(13-15)21(26)24-18-10-9-17(28-2)14-20(18)29-3/h4-14H,1-3H3,(H,24,26). The van der Waals surface area contributed by atoms with Crippen LogP contribution in [-0.2, 0) is 0 Å². The predicted octanol–water partition coefficient (Wildman–Crippen LogP) is 3.63. The molecule has 0 aliphatic heterocycles. The molecule has 0 aliphatic rings. The fourth-order valence-corrected chi connectivity index (χ4v) is 2.74. The highest BCUT2D eigenvalue weighted by Crippen LogP contribution is 2.29. The highest BCUT2D eigenvalue weighted by atomic mass is 16.5. The van der Waals surface area contributed by atoms with E-state index in [0.717, 1.165) is 5.69 Å². The van der Waals surface area contributed by atoms with Gasteiger partial charge in [-0.3, -0.25) is 14.6 Å². The van der Waals surface area contributed by atoms with E-state index in [1.807, 2.05) is 30.3 Å². The quantitative estimate of drug-likeness (QED) is 0.694. The molecule has 0 atom stereocenters. The van der Waals surface area contributed by atoms with Crippen LogP contribution in [0, 0.1) is 0 Å². The Kier molecular flexibility index (Phi) is 6.09. The monoisotopic (exact) mass is 391 g/mol. The topological polar surface area (TPSA) is 80.8 Å². The van der Waals surface area contributed by atoms with Crippen molar-refractivity contribution in [2.75, 3.05) is 31.5 Å². The maximum absolute atomic E-state index is 12.8. The molecule has 0 bridgehead atoms. The lowest BCUT2D eigenvalue weighted by Crippen LogP contribution is -2.26. The minimum absolute atomic E-state index is 0.121. The molecule has 7 nitrogen and oxygen atoms in total. The molecular formula is C22H21N3O4. The summed E-state index contributed by atoms with van der Waals surface area (Å²) >= 11 is 0. The molecule has 0 fully saturated rings. The molecule has 0 saturated carbocycles. The van der Waals surface area contributed by atoms with E-state index in [9.17, 15) is 9.59 Å². The summed E-state index contributed by atoms with van der Waals surface area (Å²) in [5.74, 6) is 0.364. The Morgan fingerprint density at radius 3 is 2.41 bits per heavy atom. The number of hydrogen-bond donors (Lipinski definition) is 1. The minimum atomic E-state index is -0.453. The summed E-state index contributed by atoms with van der Waals surface area (Å²) in [4.78, 5) is 31.1. The number of pyridine rings is 1. The smallest absolute Gasteiger partial charge is 0.274 e. The van der Waals surface area contributed by atoms with Gasteiger partial charge in [-0.25, -0.2) is 0 Å². The van der Waals surface area contributed by atoms with E-state index in [4.69, 9.17) is 9.47 Å². The molecule has 0 spiro atoms. The third-order valence-electron chi connectivity index (χ3n) is 4.34. The third-order valence-corrected chi connectivity index (χ3v) is 4.34. The number of ether oxygens (including phenoxy) is 2. The van der Waals surface area contributed by atoms with Crippen LogP contribution in [0.15, 0.2) is 66.9 Å². The van der Waals surface area contributed by atoms with Crippen molar-refractivity contribution in [2.45, 2.75) is 0 Å². The highest BCUT2D eigenvalue weighted by Gasteiger charge is 2.17. The Bertz CT molecular complexity index is 1020. The molecule has 0 aliphatic carbocycles. The van der Waals surface area contributed by atoms with Crippen LogP contribution in [0.4, 0.5) is 11.4 Å². The number of benzene rings is 2. The van der Waals surface area contributed by atoms with Gasteiger partial charge in [-0.15, -0.1) is 0 Å². The second kappa shape index (κ2) is 8.88. The molecule has 0 saturated heterocycles. The molecule has 148 valence electrons. The molecule has 7 heteroatoms. The third kappa shape index (κ3) is 4.52. The molecule has 2 aromatic carbocycles. The van der Waals surface area contributed by atoms with Crippen LogP contribution in [0.2, 0.25) is 0 Å². The second-order valence-electron chi connectivity index (χ2n) is 6.15. The van der Waals surface area contributed by atoms with Gasteiger partial charge in [0.05, 0.1) is 19.9 Å². The number of nitrogens with zero attached hydrogens (tertiary/aromatic N) is 2. The Hall–Kier alpha value is -3.87. The predicted molar refractivity (Wildman–Crippen MR) is 111 cm³/mol. The van der Waals surface area contributed by atoms with E-state index < -0.39 is 5.91 Å². The molecule has 3 rings (SSSR count). The number of hydrogen-bond acceptors (Lipinski definition) is 5. The Morgan fingerprint density at radius 1 is 0.966 bits per heavy atom. The van der Waals surface area contributed by atoms with Gasteiger partial charge in [0.15, 0.2) is 0 Å². The first kappa shape index (κ1) is 19.9. The second-order valence-corrected chi connectivity index (χ2v) is 6.15. The normalized spacial score (nSPS) is 10.2. The van der Waals surface area contributed by atoms with Gasteiger partial charge in [0.25, 0.3) is 11.8 Å². The van der Waals surface area contributed by atoms with Gasteiger partial charge >= 0.3 is 0 Å². The summed E-state index contributed by atoms with van der Waals surface area (Å²) in [6.07, 6.45) is 1.44. The maximum Gasteiger partial charge on any atom is 0.274 e. The Labute approximate surface area is 168 Å². The SMILES string of the molecule is COc1ccc(NC(=O)c2cc(C(=O)N(C)c3ccccc3)ccn2)c(OC)c1. The summed E-state index contributed by atoms with van der Waals surface area (Å²) < 4.78 is 10.4. The van der Waals surface area contributed by atoms with Crippen molar-refractivity contribution in [3.63, 3.8) is 0 Å². The molecule has 0 unspecified atom stereocenters. The number of nitrogens with one attached hydrogen (secondary N) is 1. The molecule has 0 radical (unpaired) electrons. The van der Waals surface area contributed by atoms with E-state index in [-0.39, 0.29) is 11.6 Å². The molecular weight excluding hydrogens is 370 g/mol. The van der Waals surface area contributed by atoms with Crippen molar-refractivity contribution in [3.05, 3.63) is 78.1 Å². The fraction of sp³-hybridized carbons (Fsp3) is 0.136. The number of aromatic nitrogens is 1. The van der Waals surface area contributed by atoms with Gasteiger partial charge in [0, 0.05) is 30.6 Å². The average Bonchev–Trinajstić information content (AvgIpc) is 2.78. The maximum atomic E-state index is 12.8. The molecule has 3 aromatic rings. The van der Waals surface area contributed by atoms with Crippen molar-refractivity contribution >= 4 is 23.2 Å². The van der Waals surface area contributed by atoms with Crippen molar-refractivity contribution in [2.24, 2.45) is 0 Å². The largest absolute Gasteiger partial charge is 0.497 e.